The second-order valence-corrected chi connectivity index (χ2v) is 6.54. The topological polar surface area (TPSA) is 52.1 Å². The fourth-order valence-electron chi connectivity index (χ4n) is 2.14. The summed E-state index contributed by atoms with van der Waals surface area (Å²) < 4.78 is 5.15. The van der Waals surface area contributed by atoms with E-state index in [1.807, 2.05) is 12.1 Å². The third-order valence-electron chi connectivity index (χ3n) is 3.22. The largest absolute Gasteiger partial charge is 0.462 e. The van der Waals surface area contributed by atoms with Crippen LogP contribution in [0.15, 0.2) is 42.7 Å². The molecule has 0 aliphatic heterocycles. The number of carbonyl (C=O) groups is 1. The van der Waals surface area contributed by atoms with Crippen molar-refractivity contribution >= 4 is 40.5 Å². The number of carbonyl (C=O) groups excluding carboxylic acids is 1. The Bertz CT molecular complexity index is 882. The minimum absolute atomic E-state index is 0.282. The van der Waals surface area contributed by atoms with Gasteiger partial charge in [0.1, 0.15) is 9.88 Å². The quantitative estimate of drug-likeness (QED) is 0.573. The Balaban J connectivity index is 2.18. The average Bonchev–Trinajstić information content (AvgIpc) is 3.03. The fraction of sp³-hybridized carbons (Fsp3) is 0.118. The molecule has 0 amide bonds. The number of rotatable bonds is 4. The van der Waals surface area contributed by atoms with Gasteiger partial charge in [-0.15, -0.1) is 11.3 Å². The second-order valence-electron chi connectivity index (χ2n) is 4.75. The molecule has 0 fully saturated rings. The molecule has 3 aromatic rings. The monoisotopic (exact) mass is 378 g/mol. The molecule has 24 heavy (non-hydrogen) atoms. The van der Waals surface area contributed by atoms with Gasteiger partial charge in [-0.3, -0.25) is 4.98 Å². The van der Waals surface area contributed by atoms with Gasteiger partial charge in [0, 0.05) is 23.5 Å². The van der Waals surface area contributed by atoms with E-state index in [9.17, 15) is 4.79 Å². The van der Waals surface area contributed by atoms with Crippen molar-refractivity contribution in [2.75, 3.05) is 6.61 Å². The summed E-state index contributed by atoms with van der Waals surface area (Å²) in [5.74, 6) is -0.429. The van der Waals surface area contributed by atoms with Crippen LogP contribution in [0.4, 0.5) is 0 Å². The van der Waals surface area contributed by atoms with Gasteiger partial charge in [-0.05, 0) is 25.1 Å². The lowest BCUT2D eigenvalue weighted by atomic mass is 10.1. The van der Waals surface area contributed by atoms with Crippen LogP contribution in [0.3, 0.4) is 0 Å². The lowest BCUT2D eigenvalue weighted by Gasteiger charge is -2.05. The highest BCUT2D eigenvalue weighted by atomic mass is 35.5. The second kappa shape index (κ2) is 7.30. The van der Waals surface area contributed by atoms with Gasteiger partial charge < -0.3 is 4.74 Å². The zero-order valence-corrected chi connectivity index (χ0v) is 15.0. The smallest absolute Gasteiger partial charge is 0.350 e. The lowest BCUT2D eigenvalue weighted by molar-refractivity contribution is 0.0532. The number of esters is 1. The molecule has 0 atom stereocenters. The van der Waals surface area contributed by atoms with E-state index >= 15 is 0 Å². The van der Waals surface area contributed by atoms with Crippen LogP contribution in [0.5, 0.6) is 0 Å². The number of hydrogen-bond donors (Lipinski definition) is 0. The Kier molecular flexibility index (Phi) is 5.14. The average molecular weight is 379 g/mol. The van der Waals surface area contributed by atoms with E-state index in [0.29, 0.717) is 31.2 Å². The van der Waals surface area contributed by atoms with Gasteiger partial charge in [0.2, 0.25) is 0 Å². The van der Waals surface area contributed by atoms with Crippen LogP contribution < -0.4 is 0 Å². The van der Waals surface area contributed by atoms with E-state index in [4.69, 9.17) is 27.9 Å². The highest BCUT2D eigenvalue weighted by Crippen LogP contribution is 2.39. The molecule has 0 unspecified atom stereocenters. The van der Waals surface area contributed by atoms with E-state index in [2.05, 4.69) is 9.97 Å². The Labute approximate surface area is 153 Å². The van der Waals surface area contributed by atoms with E-state index in [0.717, 1.165) is 5.56 Å². The van der Waals surface area contributed by atoms with Crippen LogP contribution in [0.25, 0.3) is 21.8 Å². The molecule has 0 saturated carbocycles. The van der Waals surface area contributed by atoms with Gasteiger partial charge in [0.15, 0.2) is 0 Å². The van der Waals surface area contributed by atoms with Crippen molar-refractivity contribution < 1.29 is 9.53 Å². The summed E-state index contributed by atoms with van der Waals surface area (Å²) in [5, 5.41) is 1.45. The third-order valence-corrected chi connectivity index (χ3v) is 5.13. The molecule has 1 aromatic carbocycles. The molecule has 2 aromatic heterocycles. The van der Waals surface area contributed by atoms with Crippen molar-refractivity contribution in [3.05, 3.63) is 57.6 Å². The summed E-state index contributed by atoms with van der Waals surface area (Å²) >= 11 is 13.7. The van der Waals surface area contributed by atoms with Crippen LogP contribution in [0.2, 0.25) is 10.0 Å². The van der Waals surface area contributed by atoms with Crippen molar-refractivity contribution in [1.29, 1.82) is 0 Å². The standard InChI is InChI=1S/C17H12Cl2N2O2S/c1-2-23-17(22)15-14(11-4-3-5-12(18)13(11)19)21-16(24-15)10-6-8-20-9-7-10/h3-9H,2H2,1H3. The van der Waals surface area contributed by atoms with Gasteiger partial charge in [-0.1, -0.05) is 35.3 Å². The molecule has 7 heteroatoms. The molecule has 0 radical (unpaired) electrons. The summed E-state index contributed by atoms with van der Waals surface area (Å²) in [6.07, 6.45) is 3.35. The molecule has 0 aliphatic carbocycles. The number of halogens is 2. The Morgan fingerprint density at radius 1 is 1.21 bits per heavy atom. The molecule has 0 spiro atoms. The maximum atomic E-state index is 12.3. The number of thiazole rings is 1. The van der Waals surface area contributed by atoms with Crippen LogP contribution in [0.1, 0.15) is 16.6 Å². The molecule has 0 saturated heterocycles. The minimum Gasteiger partial charge on any atom is -0.462 e. The van der Waals surface area contributed by atoms with Gasteiger partial charge in [0.25, 0.3) is 0 Å². The van der Waals surface area contributed by atoms with Crippen molar-refractivity contribution in [3.63, 3.8) is 0 Å². The summed E-state index contributed by atoms with van der Waals surface area (Å²) in [4.78, 5) is 21.3. The van der Waals surface area contributed by atoms with Crippen LogP contribution in [-0.4, -0.2) is 22.5 Å². The molecule has 0 N–H and O–H groups in total. The van der Waals surface area contributed by atoms with Crippen molar-refractivity contribution in [2.45, 2.75) is 6.92 Å². The molecular formula is C17H12Cl2N2O2S. The molecule has 3 rings (SSSR count). The van der Waals surface area contributed by atoms with Crippen LogP contribution >= 0.6 is 34.5 Å². The molecule has 4 nitrogen and oxygen atoms in total. The maximum absolute atomic E-state index is 12.3. The van der Waals surface area contributed by atoms with Gasteiger partial charge in [-0.25, -0.2) is 9.78 Å². The summed E-state index contributed by atoms with van der Waals surface area (Å²) in [6.45, 7) is 2.04. The first-order valence-electron chi connectivity index (χ1n) is 7.14. The minimum atomic E-state index is -0.429. The number of hydrogen-bond acceptors (Lipinski definition) is 5. The zero-order valence-electron chi connectivity index (χ0n) is 12.6. The Morgan fingerprint density at radius 3 is 2.67 bits per heavy atom. The third kappa shape index (κ3) is 3.29. The van der Waals surface area contributed by atoms with E-state index in [-0.39, 0.29) is 6.61 Å². The van der Waals surface area contributed by atoms with E-state index in [1.165, 1.54) is 11.3 Å². The predicted octanol–water partition coefficient (Wildman–Crippen LogP) is 5.36. The lowest BCUT2D eigenvalue weighted by Crippen LogP contribution is -2.04. The first kappa shape index (κ1) is 16.9. The molecule has 0 aliphatic rings. The number of nitrogens with zero attached hydrogens (tertiary/aromatic N) is 2. The Morgan fingerprint density at radius 2 is 1.96 bits per heavy atom. The molecule has 2 heterocycles. The SMILES string of the molecule is CCOC(=O)c1sc(-c2ccncc2)nc1-c1cccc(Cl)c1Cl. The van der Waals surface area contributed by atoms with Crippen molar-refractivity contribution in [1.82, 2.24) is 9.97 Å². The number of aromatic nitrogens is 2. The molecular weight excluding hydrogens is 367 g/mol. The van der Waals surface area contributed by atoms with Crippen LogP contribution in [0, 0.1) is 0 Å². The summed E-state index contributed by atoms with van der Waals surface area (Å²) in [7, 11) is 0. The van der Waals surface area contributed by atoms with Crippen molar-refractivity contribution in [2.24, 2.45) is 0 Å². The van der Waals surface area contributed by atoms with E-state index in [1.54, 1.807) is 37.5 Å². The van der Waals surface area contributed by atoms with Gasteiger partial charge in [0.05, 0.1) is 22.3 Å². The summed E-state index contributed by atoms with van der Waals surface area (Å²) in [5.41, 5.74) is 1.94. The number of pyridine rings is 1. The number of benzene rings is 1. The first-order valence-corrected chi connectivity index (χ1v) is 8.71. The first-order chi connectivity index (χ1) is 11.6. The van der Waals surface area contributed by atoms with E-state index < -0.39 is 5.97 Å². The predicted molar refractivity (Wildman–Crippen MR) is 96.8 cm³/mol. The molecule has 122 valence electrons. The van der Waals surface area contributed by atoms with Gasteiger partial charge in [-0.2, -0.15) is 0 Å². The highest BCUT2D eigenvalue weighted by Gasteiger charge is 2.23. The van der Waals surface area contributed by atoms with Crippen LogP contribution in [-0.2, 0) is 4.74 Å². The summed E-state index contributed by atoms with van der Waals surface area (Å²) in [6, 6.07) is 8.90. The molecule has 0 bridgehead atoms. The maximum Gasteiger partial charge on any atom is 0.350 e. The van der Waals surface area contributed by atoms with Crippen molar-refractivity contribution in [3.8, 4) is 21.8 Å². The number of ether oxygens (including phenoxy) is 1. The highest BCUT2D eigenvalue weighted by molar-refractivity contribution is 7.17. The zero-order chi connectivity index (χ0) is 17.1. The Hall–Kier alpha value is -1.95. The van der Waals surface area contributed by atoms with Gasteiger partial charge >= 0.3 is 5.97 Å². The normalized spacial score (nSPS) is 10.6. The fourth-order valence-corrected chi connectivity index (χ4v) is 3.51.